The molecule has 1 N–H and O–H groups in total. The smallest absolute Gasteiger partial charge is 0.303 e. The van der Waals surface area contributed by atoms with Crippen molar-refractivity contribution in [3.8, 4) is 0 Å². The maximum atomic E-state index is 10.1. The van der Waals surface area contributed by atoms with Crippen molar-refractivity contribution in [2.75, 3.05) is 19.8 Å². The Morgan fingerprint density at radius 3 is 2.85 bits per heavy atom. The Hall–Kier alpha value is -0.610. The summed E-state index contributed by atoms with van der Waals surface area (Å²) in [7, 11) is 0. The lowest BCUT2D eigenvalue weighted by Gasteiger charge is -2.00. The zero-order valence-corrected chi connectivity index (χ0v) is 7.70. The van der Waals surface area contributed by atoms with Crippen LogP contribution in [-0.4, -0.2) is 37.0 Å². The zero-order valence-electron chi connectivity index (χ0n) is 7.70. The van der Waals surface area contributed by atoms with Crippen LogP contribution < -0.4 is 0 Å². The molecule has 4 heteroatoms. The highest BCUT2D eigenvalue weighted by atomic mass is 16.6. The number of aliphatic carboxylic acids is 1. The van der Waals surface area contributed by atoms with Crippen molar-refractivity contribution in [1.29, 1.82) is 0 Å². The van der Waals surface area contributed by atoms with Crippen molar-refractivity contribution < 1.29 is 19.4 Å². The Balaban J connectivity index is 1.70. The first-order valence-electron chi connectivity index (χ1n) is 4.70. The molecule has 0 radical (unpaired) electrons. The van der Waals surface area contributed by atoms with Crippen molar-refractivity contribution >= 4 is 5.97 Å². The third-order valence-electron chi connectivity index (χ3n) is 1.89. The van der Waals surface area contributed by atoms with E-state index in [0.717, 1.165) is 32.5 Å². The second-order valence-electron chi connectivity index (χ2n) is 3.23. The summed E-state index contributed by atoms with van der Waals surface area (Å²) >= 11 is 0. The molecule has 0 spiro atoms. The highest BCUT2D eigenvalue weighted by Gasteiger charge is 2.21. The predicted molar refractivity (Wildman–Crippen MR) is 46.7 cm³/mol. The number of hydrogen-bond acceptors (Lipinski definition) is 3. The minimum Gasteiger partial charge on any atom is -0.481 e. The number of epoxide rings is 1. The molecule has 13 heavy (non-hydrogen) atoms. The van der Waals surface area contributed by atoms with E-state index in [2.05, 4.69) is 0 Å². The largest absolute Gasteiger partial charge is 0.481 e. The van der Waals surface area contributed by atoms with Crippen LogP contribution in [-0.2, 0) is 14.3 Å². The summed E-state index contributed by atoms with van der Waals surface area (Å²) in [5.41, 5.74) is 0. The third-order valence-corrected chi connectivity index (χ3v) is 1.89. The Labute approximate surface area is 77.8 Å². The number of hydrogen-bond donors (Lipinski definition) is 1. The van der Waals surface area contributed by atoms with E-state index in [0.29, 0.717) is 12.7 Å². The molecule has 1 heterocycles. The van der Waals surface area contributed by atoms with Gasteiger partial charge >= 0.3 is 5.97 Å². The van der Waals surface area contributed by atoms with Gasteiger partial charge in [-0.3, -0.25) is 4.79 Å². The number of carbonyl (C=O) groups is 1. The topological polar surface area (TPSA) is 59.1 Å². The van der Waals surface area contributed by atoms with Crippen molar-refractivity contribution in [1.82, 2.24) is 0 Å². The van der Waals surface area contributed by atoms with Gasteiger partial charge in [0.25, 0.3) is 0 Å². The molecule has 76 valence electrons. The molecular formula is C9H16O4. The van der Waals surface area contributed by atoms with Gasteiger partial charge in [-0.2, -0.15) is 0 Å². The molecule has 0 saturated carbocycles. The van der Waals surface area contributed by atoms with E-state index in [1.807, 2.05) is 0 Å². The van der Waals surface area contributed by atoms with Crippen LogP contribution in [0.4, 0.5) is 0 Å². The molecule has 0 aromatic heterocycles. The lowest BCUT2D eigenvalue weighted by atomic mass is 10.2. The zero-order chi connectivity index (χ0) is 9.52. The quantitative estimate of drug-likeness (QED) is 0.457. The van der Waals surface area contributed by atoms with E-state index in [9.17, 15) is 4.79 Å². The van der Waals surface area contributed by atoms with Gasteiger partial charge in [0.1, 0.15) is 6.10 Å². The maximum absolute atomic E-state index is 10.1. The molecule has 1 atom stereocenters. The van der Waals surface area contributed by atoms with Gasteiger partial charge in [-0.05, 0) is 12.8 Å². The van der Waals surface area contributed by atoms with Crippen molar-refractivity contribution in [3.05, 3.63) is 0 Å². The van der Waals surface area contributed by atoms with Gasteiger partial charge in [-0.25, -0.2) is 0 Å². The fraction of sp³-hybridized carbons (Fsp3) is 0.889. The van der Waals surface area contributed by atoms with Crippen molar-refractivity contribution in [3.63, 3.8) is 0 Å². The fourth-order valence-corrected chi connectivity index (χ4v) is 1.04. The molecule has 1 aliphatic heterocycles. The Morgan fingerprint density at radius 1 is 1.46 bits per heavy atom. The second-order valence-corrected chi connectivity index (χ2v) is 3.23. The normalized spacial score (nSPS) is 20.2. The van der Waals surface area contributed by atoms with Crippen molar-refractivity contribution in [2.24, 2.45) is 0 Å². The average Bonchev–Trinajstić information content (AvgIpc) is 2.86. The van der Waals surface area contributed by atoms with Crippen LogP contribution in [0.5, 0.6) is 0 Å². The summed E-state index contributed by atoms with van der Waals surface area (Å²) in [5.74, 6) is -0.715. The van der Waals surface area contributed by atoms with E-state index in [1.165, 1.54) is 0 Å². The first kappa shape index (κ1) is 10.5. The molecule has 0 aromatic rings. The number of unbranched alkanes of at least 4 members (excludes halogenated alkanes) is 2. The lowest BCUT2D eigenvalue weighted by Crippen LogP contribution is -2.03. The summed E-state index contributed by atoms with van der Waals surface area (Å²) in [4.78, 5) is 10.1. The van der Waals surface area contributed by atoms with E-state index in [1.54, 1.807) is 0 Å². The van der Waals surface area contributed by atoms with Gasteiger partial charge in [0.2, 0.25) is 0 Å². The SMILES string of the molecule is O=C(O)CCCCCOCC1CO1. The summed E-state index contributed by atoms with van der Waals surface area (Å²) in [6.45, 7) is 2.25. The second kappa shape index (κ2) is 5.94. The fourth-order valence-electron chi connectivity index (χ4n) is 1.04. The third kappa shape index (κ3) is 6.54. The highest BCUT2D eigenvalue weighted by molar-refractivity contribution is 5.66. The summed E-state index contributed by atoms with van der Waals surface area (Å²) in [6, 6.07) is 0. The molecule has 0 aliphatic carbocycles. The molecule has 1 fully saturated rings. The Bertz CT molecular complexity index is 154. The minimum atomic E-state index is -0.715. The van der Waals surface area contributed by atoms with Crippen LogP contribution in [0.1, 0.15) is 25.7 Å². The Kier molecular flexibility index (Phi) is 4.78. The summed E-state index contributed by atoms with van der Waals surface area (Å²) in [6.07, 6.45) is 3.22. The minimum absolute atomic E-state index is 0.270. The van der Waals surface area contributed by atoms with Gasteiger partial charge in [0.05, 0.1) is 13.2 Å². The van der Waals surface area contributed by atoms with Gasteiger partial charge in [-0.15, -0.1) is 0 Å². The van der Waals surface area contributed by atoms with Gasteiger partial charge in [0.15, 0.2) is 0 Å². The summed E-state index contributed by atoms with van der Waals surface area (Å²) in [5, 5.41) is 8.35. The first-order valence-corrected chi connectivity index (χ1v) is 4.70. The molecular weight excluding hydrogens is 172 g/mol. The Morgan fingerprint density at radius 2 is 2.23 bits per heavy atom. The first-order chi connectivity index (χ1) is 6.29. The maximum Gasteiger partial charge on any atom is 0.303 e. The standard InChI is InChI=1S/C9H16O4/c10-9(11)4-2-1-3-5-12-6-8-7-13-8/h8H,1-7H2,(H,10,11). The van der Waals surface area contributed by atoms with E-state index >= 15 is 0 Å². The molecule has 4 nitrogen and oxygen atoms in total. The van der Waals surface area contributed by atoms with Crippen LogP contribution in [0.15, 0.2) is 0 Å². The van der Waals surface area contributed by atoms with Gasteiger partial charge in [-0.1, -0.05) is 6.42 Å². The van der Waals surface area contributed by atoms with Crippen molar-refractivity contribution in [2.45, 2.75) is 31.8 Å². The number of carboxylic acid groups (broad SMARTS) is 1. The lowest BCUT2D eigenvalue weighted by molar-refractivity contribution is -0.137. The molecule has 0 bridgehead atoms. The van der Waals surface area contributed by atoms with Crippen LogP contribution in [0.3, 0.4) is 0 Å². The molecule has 1 unspecified atom stereocenters. The average molecular weight is 188 g/mol. The highest BCUT2D eigenvalue weighted by Crippen LogP contribution is 2.09. The monoisotopic (exact) mass is 188 g/mol. The van der Waals surface area contributed by atoms with Gasteiger partial charge in [0, 0.05) is 13.0 Å². The van der Waals surface area contributed by atoms with E-state index in [-0.39, 0.29) is 6.42 Å². The van der Waals surface area contributed by atoms with Crippen LogP contribution in [0.2, 0.25) is 0 Å². The number of rotatable bonds is 8. The van der Waals surface area contributed by atoms with E-state index in [4.69, 9.17) is 14.6 Å². The predicted octanol–water partition coefficient (Wildman–Crippen LogP) is 1.05. The number of carboxylic acids is 1. The van der Waals surface area contributed by atoms with Gasteiger partial charge < -0.3 is 14.6 Å². The summed E-state index contributed by atoms with van der Waals surface area (Å²) < 4.78 is 10.3. The molecule has 1 rings (SSSR count). The molecule has 1 aliphatic rings. The van der Waals surface area contributed by atoms with E-state index < -0.39 is 5.97 Å². The molecule has 0 aromatic carbocycles. The van der Waals surface area contributed by atoms with Crippen LogP contribution in [0.25, 0.3) is 0 Å². The van der Waals surface area contributed by atoms with Crippen LogP contribution >= 0.6 is 0 Å². The molecule has 1 saturated heterocycles. The van der Waals surface area contributed by atoms with Crippen LogP contribution in [0, 0.1) is 0 Å². The molecule has 0 amide bonds. The number of ether oxygens (including phenoxy) is 2.